The summed E-state index contributed by atoms with van der Waals surface area (Å²) in [6.07, 6.45) is 0. The number of benzene rings is 1. The van der Waals surface area contributed by atoms with Gasteiger partial charge in [-0.3, -0.25) is 4.79 Å². The molecule has 0 radical (unpaired) electrons. The van der Waals surface area contributed by atoms with Gasteiger partial charge in [-0.2, -0.15) is 0 Å². The van der Waals surface area contributed by atoms with Gasteiger partial charge in [0, 0.05) is 23.6 Å². The van der Waals surface area contributed by atoms with Crippen LogP contribution in [-0.2, 0) is 11.3 Å². The standard InChI is InChI=1S/C12H14F3NO/c1-12(2,3)11(17)16-6-7-4-8(13)5-9(14)10(7)15/h4-5H,6H2,1-3H3,(H,16,17). The number of hydrogen-bond donors (Lipinski definition) is 1. The minimum Gasteiger partial charge on any atom is -0.351 e. The van der Waals surface area contributed by atoms with Crippen molar-refractivity contribution in [3.05, 3.63) is 35.1 Å². The van der Waals surface area contributed by atoms with Gasteiger partial charge >= 0.3 is 0 Å². The van der Waals surface area contributed by atoms with Gasteiger partial charge in [-0.15, -0.1) is 0 Å². The van der Waals surface area contributed by atoms with Gasteiger partial charge in [-0.1, -0.05) is 20.8 Å². The van der Waals surface area contributed by atoms with E-state index in [1.807, 2.05) is 0 Å². The van der Waals surface area contributed by atoms with E-state index in [0.717, 1.165) is 6.07 Å². The predicted octanol–water partition coefficient (Wildman–Crippen LogP) is 2.77. The fourth-order valence-electron chi connectivity index (χ4n) is 1.18. The third-order valence-corrected chi connectivity index (χ3v) is 2.19. The van der Waals surface area contributed by atoms with E-state index < -0.39 is 22.9 Å². The van der Waals surface area contributed by atoms with Crippen LogP contribution in [0.4, 0.5) is 13.2 Å². The zero-order chi connectivity index (χ0) is 13.2. The van der Waals surface area contributed by atoms with E-state index >= 15 is 0 Å². The van der Waals surface area contributed by atoms with Crippen molar-refractivity contribution in [2.24, 2.45) is 5.41 Å². The maximum absolute atomic E-state index is 13.2. The summed E-state index contributed by atoms with van der Waals surface area (Å²) >= 11 is 0. The molecule has 0 aliphatic rings. The summed E-state index contributed by atoms with van der Waals surface area (Å²) in [5.74, 6) is -3.59. The Morgan fingerprint density at radius 3 is 2.35 bits per heavy atom. The first-order valence-electron chi connectivity index (χ1n) is 5.13. The summed E-state index contributed by atoms with van der Waals surface area (Å²) in [5.41, 5.74) is -0.845. The number of amides is 1. The van der Waals surface area contributed by atoms with Crippen LogP contribution < -0.4 is 5.32 Å². The molecule has 1 aromatic rings. The molecule has 0 aromatic heterocycles. The number of carbonyl (C=O) groups excluding carboxylic acids is 1. The maximum atomic E-state index is 13.2. The van der Waals surface area contributed by atoms with E-state index in [1.54, 1.807) is 20.8 Å². The molecule has 5 heteroatoms. The van der Waals surface area contributed by atoms with Crippen LogP contribution in [0, 0.1) is 22.9 Å². The first-order valence-corrected chi connectivity index (χ1v) is 5.13. The molecule has 94 valence electrons. The van der Waals surface area contributed by atoms with Crippen molar-refractivity contribution in [3.8, 4) is 0 Å². The number of rotatable bonds is 2. The van der Waals surface area contributed by atoms with Gasteiger partial charge < -0.3 is 5.32 Å². The fraction of sp³-hybridized carbons (Fsp3) is 0.417. The molecule has 1 rings (SSSR count). The van der Waals surface area contributed by atoms with Crippen molar-refractivity contribution in [1.82, 2.24) is 5.32 Å². The molecule has 0 saturated heterocycles. The van der Waals surface area contributed by atoms with Crippen molar-refractivity contribution in [2.45, 2.75) is 27.3 Å². The van der Waals surface area contributed by atoms with Crippen LogP contribution in [0.2, 0.25) is 0 Å². The topological polar surface area (TPSA) is 29.1 Å². The Labute approximate surface area is 97.8 Å². The van der Waals surface area contributed by atoms with Crippen molar-refractivity contribution in [2.75, 3.05) is 0 Å². The van der Waals surface area contributed by atoms with Gasteiger partial charge in [-0.25, -0.2) is 13.2 Å². The summed E-state index contributed by atoms with van der Waals surface area (Å²) in [6.45, 7) is 4.82. The van der Waals surface area contributed by atoms with E-state index in [1.165, 1.54) is 0 Å². The molecule has 0 spiro atoms. The minimum atomic E-state index is -1.26. The van der Waals surface area contributed by atoms with Gasteiger partial charge in [0.05, 0.1) is 0 Å². The molecule has 0 aliphatic carbocycles. The molecule has 1 aromatic carbocycles. The van der Waals surface area contributed by atoms with E-state index in [9.17, 15) is 18.0 Å². The van der Waals surface area contributed by atoms with Crippen LogP contribution in [0.3, 0.4) is 0 Å². The molecule has 2 nitrogen and oxygen atoms in total. The zero-order valence-electron chi connectivity index (χ0n) is 9.90. The van der Waals surface area contributed by atoms with Crippen LogP contribution in [0.5, 0.6) is 0 Å². The molecule has 0 atom stereocenters. The van der Waals surface area contributed by atoms with Gasteiger partial charge in [0.15, 0.2) is 11.6 Å². The maximum Gasteiger partial charge on any atom is 0.225 e. The number of carbonyl (C=O) groups is 1. The van der Waals surface area contributed by atoms with Gasteiger partial charge in [0.2, 0.25) is 5.91 Å². The van der Waals surface area contributed by atoms with Crippen LogP contribution in [0.25, 0.3) is 0 Å². The van der Waals surface area contributed by atoms with E-state index in [4.69, 9.17) is 0 Å². The smallest absolute Gasteiger partial charge is 0.225 e. The Hall–Kier alpha value is -1.52. The summed E-state index contributed by atoms with van der Waals surface area (Å²) in [7, 11) is 0. The highest BCUT2D eigenvalue weighted by Gasteiger charge is 2.21. The normalized spacial score (nSPS) is 11.4. The summed E-state index contributed by atoms with van der Waals surface area (Å²) in [4.78, 5) is 11.5. The molecule has 0 fully saturated rings. The highest BCUT2D eigenvalue weighted by molar-refractivity contribution is 5.81. The fourth-order valence-corrected chi connectivity index (χ4v) is 1.18. The van der Waals surface area contributed by atoms with Crippen molar-refractivity contribution in [3.63, 3.8) is 0 Å². The lowest BCUT2D eigenvalue weighted by atomic mass is 9.95. The molecule has 1 amide bonds. The van der Waals surface area contributed by atoms with Crippen LogP contribution in [0.15, 0.2) is 12.1 Å². The van der Waals surface area contributed by atoms with E-state index in [0.29, 0.717) is 6.07 Å². The van der Waals surface area contributed by atoms with Crippen LogP contribution >= 0.6 is 0 Å². The average molecular weight is 245 g/mol. The zero-order valence-corrected chi connectivity index (χ0v) is 9.90. The molecule has 0 aliphatic heterocycles. The third kappa shape index (κ3) is 3.47. The lowest BCUT2D eigenvalue weighted by molar-refractivity contribution is -0.128. The molecule has 17 heavy (non-hydrogen) atoms. The van der Waals surface area contributed by atoms with Gasteiger partial charge in [0.25, 0.3) is 0 Å². The lowest BCUT2D eigenvalue weighted by Gasteiger charge is -2.17. The average Bonchev–Trinajstić information content (AvgIpc) is 2.19. The Kier molecular flexibility index (Phi) is 3.80. The molecule has 0 saturated carbocycles. The van der Waals surface area contributed by atoms with Crippen molar-refractivity contribution >= 4 is 5.91 Å². The summed E-state index contributed by atoms with van der Waals surface area (Å²) < 4.78 is 39.0. The van der Waals surface area contributed by atoms with E-state index in [2.05, 4.69) is 5.32 Å². The highest BCUT2D eigenvalue weighted by atomic mass is 19.2. The number of halogens is 3. The molecule has 1 N–H and O–H groups in total. The van der Waals surface area contributed by atoms with Crippen molar-refractivity contribution < 1.29 is 18.0 Å². The molecule has 0 heterocycles. The second-order valence-electron chi connectivity index (χ2n) is 4.79. The highest BCUT2D eigenvalue weighted by Crippen LogP contribution is 2.16. The first kappa shape index (κ1) is 13.5. The quantitative estimate of drug-likeness (QED) is 0.797. The summed E-state index contributed by atoms with van der Waals surface area (Å²) in [5, 5.41) is 2.42. The van der Waals surface area contributed by atoms with Crippen molar-refractivity contribution in [1.29, 1.82) is 0 Å². The number of nitrogens with one attached hydrogen (secondary N) is 1. The largest absolute Gasteiger partial charge is 0.351 e. The molecule has 0 bridgehead atoms. The van der Waals surface area contributed by atoms with Crippen LogP contribution in [-0.4, -0.2) is 5.91 Å². The predicted molar refractivity (Wildman–Crippen MR) is 57.6 cm³/mol. The Bertz CT molecular complexity index is 438. The monoisotopic (exact) mass is 245 g/mol. The molecular formula is C12H14F3NO. The lowest BCUT2D eigenvalue weighted by Crippen LogP contribution is -2.34. The number of hydrogen-bond acceptors (Lipinski definition) is 1. The molecule has 0 unspecified atom stereocenters. The Morgan fingerprint density at radius 2 is 1.82 bits per heavy atom. The SMILES string of the molecule is CC(C)(C)C(=O)NCc1cc(F)cc(F)c1F. The van der Waals surface area contributed by atoms with E-state index in [-0.39, 0.29) is 18.0 Å². The Morgan fingerprint density at radius 1 is 1.24 bits per heavy atom. The summed E-state index contributed by atoms with van der Waals surface area (Å²) in [6, 6.07) is 1.33. The minimum absolute atomic E-state index is 0.208. The second-order valence-corrected chi connectivity index (χ2v) is 4.79. The Balaban J connectivity index is 2.80. The first-order chi connectivity index (χ1) is 7.71. The third-order valence-electron chi connectivity index (χ3n) is 2.19. The van der Waals surface area contributed by atoms with Gasteiger partial charge in [-0.05, 0) is 6.07 Å². The molecular weight excluding hydrogens is 231 g/mol. The second kappa shape index (κ2) is 4.77. The van der Waals surface area contributed by atoms with Crippen LogP contribution in [0.1, 0.15) is 26.3 Å². The van der Waals surface area contributed by atoms with Gasteiger partial charge in [0.1, 0.15) is 5.82 Å².